The molecule has 188 valence electrons. The fourth-order valence-electron chi connectivity index (χ4n) is 4.67. The lowest BCUT2D eigenvalue weighted by atomic mass is 10.1. The smallest absolute Gasteiger partial charge is 0.277 e. The molecule has 4 aromatic rings. The second-order valence-electron chi connectivity index (χ2n) is 8.88. The molecule has 0 saturated heterocycles. The van der Waals surface area contributed by atoms with Crippen molar-refractivity contribution in [2.75, 3.05) is 6.61 Å². The van der Waals surface area contributed by atoms with Crippen LogP contribution in [0.4, 0.5) is 0 Å². The minimum Gasteiger partial charge on any atom is -0.493 e. The first-order chi connectivity index (χ1) is 17.4. The molecule has 1 fully saturated rings. The predicted molar refractivity (Wildman–Crippen MR) is 134 cm³/mol. The van der Waals surface area contributed by atoms with Gasteiger partial charge in [0.25, 0.3) is 5.56 Å². The molecule has 0 unspecified atom stereocenters. The van der Waals surface area contributed by atoms with Gasteiger partial charge in [0, 0.05) is 24.9 Å². The lowest BCUT2D eigenvalue weighted by Crippen LogP contribution is -2.23. The van der Waals surface area contributed by atoms with Crippen LogP contribution in [0.25, 0.3) is 16.9 Å². The SMILES string of the molecule is CCOc1ccc(S(=O)(=O)NCc2cccnc2)cc1-c1nn2c(C3CCCC3)nc(C)c2c(=O)[nH]1. The number of hydrogen-bond donors (Lipinski definition) is 2. The number of nitrogens with one attached hydrogen (secondary N) is 2. The number of ether oxygens (including phenoxy) is 1. The highest BCUT2D eigenvalue weighted by Gasteiger charge is 2.26. The molecule has 1 saturated carbocycles. The summed E-state index contributed by atoms with van der Waals surface area (Å²) in [4.78, 5) is 24.6. The van der Waals surface area contributed by atoms with E-state index < -0.39 is 10.0 Å². The third-order valence-electron chi connectivity index (χ3n) is 6.43. The van der Waals surface area contributed by atoms with E-state index in [-0.39, 0.29) is 28.7 Å². The molecule has 11 heteroatoms. The van der Waals surface area contributed by atoms with Crippen molar-refractivity contribution in [3.8, 4) is 17.1 Å². The lowest BCUT2D eigenvalue weighted by molar-refractivity contribution is 0.341. The van der Waals surface area contributed by atoms with Crippen LogP contribution in [0, 0.1) is 6.92 Å². The maximum absolute atomic E-state index is 13.1. The second-order valence-corrected chi connectivity index (χ2v) is 10.6. The van der Waals surface area contributed by atoms with E-state index in [4.69, 9.17) is 9.84 Å². The molecule has 0 amide bonds. The molecule has 0 aliphatic heterocycles. The van der Waals surface area contributed by atoms with Crippen LogP contribution in [0.1, 0.15) is 55.6 Å². The molecular weight excluding hydrogens is 480 g/mol. The Morgan fingerprint density at radius 3 is 2.75 bits per heavy atom. The predicted octanol–water partition coefficient (Wildman–Crippen LogP) is 3.32. The Bertz CT molecular complexity index is 1560. The normalized spacial score (nSPS) is 14.5. The topological polar surface area (TPSA) is 131 Å². The zero-order valence-corrected chi connectivity index (χ0v) is 21.0. The highest BCUT2D eigenvalue weighted by atomic mass is 32.2. The summed E-state index contributed by atoms with van der Waals surface area (Å²) >= 11 is 0. The molecule has 1 aliphatic carbocycles. The Labute approximate surface area is 208 Å². The summed E-state index contributed by atoms with van der Waals surface area (Å²) in [7, 11) is -3.86. The Balaban J connectivity index is 1.58. The number of H-pyrrole nitrogens is 1. The quantitative estimate of drug-likeness (QED) is 0.373. The van der Waals surface area contributed by atoms with E-state index >= 15 is 0 Å². The van der Waals surface area contributed by atoms with Gasteiger partial charge in [-0.15, -0.1) is 5.10 Å². The number of hydrogen-bond acceptors (Lipinski definition) is 7. The minimum atomic E-state index is -3.86. The van der Waals surface area contributed by atoms with Crippen molar-refractivity contribution in [1.82, 2.24) is 29.3 Å². The lowest BCUT2D eigenvalue weighted by Gasteiger charge is -2.13. The third kappa shape index (κ3) is 4.63. The Kier molecular flexibility index (Phi) is 6.59. The number of fused-ring (bicyclic) bond motifs is 1. The van der Waals surface area contributed by atoms with Gasteiger partial charge in [0.15, 0.2) is 11.3 Å². The number of sulfonamides is 1. The van der Waals surface area contributed by atoms with Gasteiger partial charge in [0.2, 0.25) is 10.0 Å². The number of nitrogens with zero attached hydrogens (tertiary/aromatic N) is 4. The van der Waals surface area contributed by atoms with Crippen molar-refractivity contribution in [2.24, 2.45) is 0 Å². The van der Waals surface area contributed by atoms with Crippen molar-refractivity contribution in [1.29, 1.82) is 0 Å². The van der Waals surface area contributed by atoms with E-state index in [9.17, 15) is 13.2 Å². The van der Waals surface area contributed by atoms with Gasteiger partial charge in [-0.25, -0.2) is 22.6 Å². The first-order valence-corrected chi connectivity index (χ1v) is 13.5. The molecule has 10 nitrogen and oxygen atoms in total. The summed E-state index contributed by atoms with van der Waals surface area (Å²) in [5.41, 5.74) is 1.81. The fourth-order valence-corrected chi connectivity index (χ4v) is 5.71. The van der Waals surface area contributed by atoms with Crippen LogP contribution in [0.15, 0.2) is 52.4 Å². The summed E-state index contributed by atoms with van der Waals surface area (Å²) < 4.78 is 36.2. The van der Waals surface area contributed by atoms with E-state index in [1.54, 1.807) is 42.0 Å². The zero-order valence-electron chi connectivity index (χ0n) is 20.2. The van der Waals surface area contributed by atoms with Crippen LogP contribution >= 0.6 is 0 Å². The van der Waals surface area contributed by atoms with Gasteiger partial charge in [-0.3, -0.25) is 9.78 Å². The molecule has 0 radical (unpaired) electrons. The molecule has 2 N–H and O–H groups in total. The van der Waals surface area contributed by atoms with Gasteiger partial charge >= 0.3 is 0 Å². The van der Waals surface area contributed by atoms with Crippen molar-refractivity contribution in [3.05, 3.63) is 70.2 Å². The summed E-state index contributed by atoms with van der Waals surface area (Å²) in [5.74, 6) is 1.65. The fraction of sp³-hybridized carbons (Fsp3) is 0.360. The number of aromatic nitrogens is 5. The average Bonchev–Trinajstić information content (AvgIpc) is 3.52. The van der Waals surface area contributed by atoms with E-state index in [1.807, 2.05) is 6.92 Å². The molecule has 0 atom stereocenters. The standard InChI is InChI=1S/C25H28N6O4S/c1-3-35-21-11-10-19(36(33,34)27-15-17-7-6-12-26-14-17)13-20(21)23-29-25(32)22-16(2)28-24(31(22)30-23)18-8-4-5-9-18/h6-7,10-14,18,27H,3-5,8-9,15H2,1-2H3,(H,29,30,32). The Morgan fingerprint density at radius 2 is 2.03 bits per heavy atom. The van der Waals surface area contributed by atoms with Gasteiger partial charge < -0.3 is 9.72 Å². The van der Waals surface area contributed by atoms with E-state index in [2.05, 4.69) is 19.7 Å². The number of rotatable bonds is 8. The zero-order chi connectivity index (χ0) is 25.3. The van der Waals surface area contributed by atoms with Crippen LogP contribution in [0.3, 0.4) is 0 Å². The van der Waals surface area contributed by atoms with Crippen LogP contribution in [0.5, 0.6) is 5.75 Å². The maximum Gasteiger partial charge on any atom is 0.277 e. The van der Waals surface area contributed by atoms with Gasteiger partial charge in [0.1, 0.15) is 11.6 Å². The maximum atomic E-state index is 13.1. The third-order valence-corrected chi connectivity index (χ3v) is 7.83. The molecule has 1 aromatic carbocycles. The van der Waals surface area contributed by atoms with Crippen LogP contribution < -0.4 is 15.0 Å². The number of pyridine rings is 1. The van der Waals surface area contributed by atoms with Gasteiger partial charge in [-0.05, 0) is 56.5 Å². The van der Waals surface area contributed by atoms with Crippen molar-refractivity contribution >= 4 is 15.5 Å². The summed E-state index contributed by atoms with van der Waals surface area (Å²) in [5, 5.41) is 4.73. The molecule has 3 heterocycles. The second kappa shape index (κ2) is 9.82. The molecule has 0 bridgehead atoms. The number of aryl methyl sites for hydroxylation is 1. The summed E-state index contributed by atoms with van der Waals surface area (Å²) in [6.45, 7) is 4.10. The van der Waals surface area contributed by atoms with Crippen molar-refractivity contribution < 1.29 is 13.2 Å². The molecule has 0 spiro atoms. The van der Waals surface area contributed by atoms with Gasteiger partial charge in [0.05, 0.1) is 22.8 Å². The van der Waals surface area contributed by atoms with Crippen LogP contribution in [-0.4, -0.2) is 39.6 Å². The molecule has 1 aliphatic rings. The molecule has 3 aromatic heterocycles. The van der Waals surface area contributed by atoms with Crippen molar-refractivity contribution in [3.63, 3.8) is 0 Å². The summed E-state index contributed by atoms with van der Waals surface area (Å²) in [6.07, 6.45) is 7.47. The van der Waals surface area contributed by atoms with E-state index in [0.717, 1.165) is 37.1 Å². The average molecular weight is 509 g/mol. The van der Waals surface area contributed by atoms with Gasteiger partial charge in [-0.2, -0.15) is 0 Å². The molecular formula is C25H28N6O4S. The Morgan fingerprint density at radius 1 is 1.22 bits per heavy atom. The van der Waals surface area contributed by atoms with E-state index in [1.165, 1.54) is 12.1 Å². The first kappa shape index (κ1) is 24.1. The monoisotopic (exact) mass is 508 g/mol. The first-order valence-electron chi connectivity index (χ1n) is 12.0. The summed E-state index contributed by atoms with van der Waals surface area (Å²) in [6, 6.07) is 8.06. The highest BCUT2D eigenvalue weighted by molar-refractivity contribution is 7.89. The number of imidazole rings is 1. The molecule has 36 heavy (non-hydrogen) atoms. The van der Waals surface area contributed by atoms with Gasteiger partial charge in [-0.1, -0.05) is 18.9 Å². The van der Waals surface area contributed by atoms with E-state index in [0.29, 0.717) is 29.1 Å². The molecule has 5 rings (SSSR count). The largest absolute Gasteiger partial charge is 0.493 e. The van der Waals surface area contributed by atoms with Crippen molar-refractivity contribution in [2.45, 2.75) is 56.9 Å². The minimum absolute atomic E-state index is 0.0328. The van der Waals surface area contributed by atoms with Crippen LogP contribution in [0.2, 0.25) is 0 Å². The highest BCUT2D eigenvalue weighted by Crippen LogP contribution is 2.35. The number of benzene rings is 1. The Hall–Kier alpha value is -3.57. The number of aromatic amines is 1. The van der Waals surface area contributed by atoms with Crippen LogP contribution in [-0.2, 0) is 16.6 Å².